The molecule has 0 aliphatic rings. The van der Waals surface area contributed by atoms with E-state index in [4.69, 9.17) is 14.9 Å². The lowest BCUT2D eigenvalue weighted by Gasteiger charge is -2.15. The normalized spacial score (nSPS) is 11.9. The van der Waals surface area contributed by atoms with Gasteiger partial charge in [0.1, 0.15) is 11.5 Å². The summed E-state index contributed by atoms with van der Waals surface area (Å²) in [5, 5.41) is 3.23. The third kappa shape index (κ3) is 2.93. The Labute approximate surface area is 117 Å². The topological polar surface area (TPSA) is 77.5 Å². The van der Waals surface area contributed by atoms with Crippen molar-refractivity contribution in [1.29, 1.82) is 0 Å². The molecule has 5 heteroatoms. The molecule has 106 valence electrons. The maximum absolute atomic E-state index is 11.5. The standard InChI is InChI=1S/C15H18N2O3/c1-9-4-7-14(20-9)10(2)17-13-8-11(15(18)19-3)5-6-12(13)16/h4-8,10,17H,16H2,1-3H3. The molecule has 0 spiro atoms. The third-order valence-corrected chi connectivity index (χ3v) is 3.03. The Morgan fingerprint density at radius 1 is 1.35 bits per heavy atom. The molecule has 5 nitrogen and oxygen atoms in total. The molecule has 2 aromatic rings. The molecule has 0 bridgehead atoms. The van der Waals surface area contributed by atoms with Crippen LogP contribution in [0.2, 0.25) is 0 Å². The van der Waals surface area contributed by atoms with E-state index in [0.717, 1.165) is 11.5 Å². The summed E-state index contributed by atoms with van der Waals surface area (Å²) >= 11 is 0. The summed E-state index contributed by atoms with van der Waals surface area (Å²) in [6.45, 7) is 3.85. The second-order valence-corrected chi connectivity index (χ2v) is 4.61. The summed E-state index contributed by atoms with van der Waals surface area (Å²) in [5.74, 6) is 1.27. The summed E-state index contributed by atoms with van der Waals surface area (Å²) < 4.78 is 10.3. The average molecular weight is 274 g/mol. The quantitative estimate of drug-likeness (QED) is 0.661. The molecule has 0 saturated carbocycles. The van der Waals surface area contributed by atoms with Crippen LogP contribution in [0.5, 0.6) is 0 Å². The fraction of sp³-hybridized carbons (Fsp3) is 0.267. The van der Waals surface area contributed by atoms with Crippen LogP contribution in [-0.4, -0.2) is 13.1 Å². The number of anilines is 2. The first-order chi connectivity index (χ1) is 9.51. The molecule has 0 fully saturated rings. The minimum atomic E-state index is -0.394. The van der Waals surface area contributed by atoms with E-state index in [1.165, 1.54) is 7.11 Å². The van der Waals surface area contributed by atoms with Gasteiger partial charge in [-0.25, -0.2) is 4.79 Å². The zero-order valence-corrected chi connectivity index (χ0v) is 11.8. The molecule has 0 aliphatic heterocycles. The van der Waals surface area contributed by atoms with Gasteiger partial charge in [0.15, 0.2) is 0 Å². The number of nitrogens with two attached hydrogens (primary N) is 1. The molecular formula is C15H18N2O3. The number of furan rings is 1. The number of rotatable bonds is 4. The van der Waals surface area contributed by atoms with Gasteiger partial charge in [-0.15, -0.1) is 0 Å². The summed E-state index contributed by atoms with van der Waals surface area (Å²) in [6, 6.07) is 8.74. The van der Waals surface area contributed by atoms with Crippen molar-refractivity contribution in [2.24, 2.45) is 0 Å². The minimum Gasteiger partial charge on any atom is -0.465 e. The minimum absolute atomic E-state index is 0.0566. The molecule has 1 heterocycles. The van der Waals surface area contributed by atoms with Gasteiger partial charge >= 0.3 is 5.97 Å². The Bertz CT molecular complexity index is 619. The van der Waals surface area contributed by atoms with Gasteiger partial charge < -0.3 is 20.2 Å². The van der Waals surface area contributed by atoms with Crippen LogP contribution in [0.4, 0.5) is 11.4 Å². The van der Waals surface area contributed by atoms with E-state index in [1.807, 2.05) is 26.0 Å². The van der Waals surface area contributed by atoms with Crippen LogP contribution in [0.1, 0.15) is 34.8 Å². The van der Waals surface area contributed by atoms with E-state index in [1.54, 1.807) is 18.2 Å². The van der Waals surface area contributed by atoms with E-state index in [9.17, 15) is 4.79 Å². The molecule has 3 N–H and O–H groups in total. The average Bonchev–Trinajstić information content (AvgIpc) is 2.87. The summed E-state index contributed by atoms with van der Waals surface area (Å²) in [4.78, 5) is 11.5. The smallest absolute Gasteiger partial charge is 0.337 e. The molecule has 1 aromatic heterocycles. The van der Waals surface area contributed by atoms with Gasteiger partial charge in [0, 0.05) is 0 Å². The number of nitrogen functional groups attached to an aromatic ring is 1. The summed E-state index contributed by atoms with van der Waals surface area (Å²) in [7, 11) is 1.35. The summed E-state index contributed by atoms with van der Waals surface area (Å²) in [6.07, 6.45) is 0. The molecule has 0 amide bonds. The molecule has 0 aliphatic carbocycles. The number of esters is 1. The molecule has 0 saturated heterocycles. The van der Waals surface area contributed by atoms with Gasteiger partial charge in [0.2, 0.25) is 0 Å². The van der Waals surface area contributed by atoms with Gasteiger partial charge in [-0.3, -0.25) is 0 Å². The van der Waals surface area contributed by atoms with E-state index >= 15 is 0 Å². The van der Waals surface area contributed by atoms with E-state index in [0.29, 0.717) is 16.9 Å². The van der Waals surface area contributed by atoms with Gasteiger partial charge in [-0.1, -0.05) is 0 Å². The first kappa shape index (κ1) is 14.0. The van der Waals surface area contributed by atoms with Crippen molar-refractivity contribution >= 4 is 17.3 Å². The van der Waals surface area contributed by atoms with E-state index in [2.05, 4.69) is 5.32 Å². The lowest BCUT2D eigenvalue weighted by molar-refractivity contribution is 0.0601. The van der Waals surface area contributed by atoms with Gasteiger partial charge in [0.05, 0.1) is 30.1 Å². The SMILES string of the molecule is COC(=O)c1ccc(N)c(NC(C)c2ccc(C)o2)c1. The van der Waals surface area contributed by atoms with Crippen molar-refractivity contribution in [2.45, 2.75) is 19.9 Å². The predicted octanol–water partition coefficient (Wildman–Crippen LogP) is 3.13. The molecule has 20 heavy (non-hydrogen) atoms. The van der Waals surface area contributed by atoms with Crippen LogP contribution < -0.4 is 11.1 Å². The molecule has 2 rings (SSSR count). The largest absolute Gasteiger partial charge is 0.465 e. The Morgan fingerprint density at radius 3 is 2.70 bits per heavy atom. The van der Waals surface area contributed by atoms with Crippen LogP contribution in [-0.2, 0) is 4.74 Å². The molecule has 1 unspecified atom stereocenters. The number of hydrogen-bond acceptors (Lipinski definition) is 5. The Hall–Kier alpha value is -2.43. The fourth-order valence-corrected chi connectivity index (χ4v) is 1.92. The third-order valence-electron chi connectivity index (χ3n) is 3.03. The van der Waals surface area contributed by atoms with Crippen molar-refractivity contribution in [3.8, 4) is 0 Å². The maximum atomic E-state index is 11.5. The lowest BCUT2D eigenvalue weighted by Crippen LogP contribution is -2.09. The number of nitrogens with one attached hydrogen (secondary N) is 1. The number of carbonyl (C=O) groups is 1. The lowest BCUT2D eigenvalue weighted by atomic mass is 10.1. The number of aryl methyl sites for hydroxylation is 1. The van der Waals surface area contributed by atoms with Crippen LogP contribution in [0.25, 0.3) is 0 Å². The molecule has 0 radical (unpaired) electrons. The monoisotopic (exact) mass is 274 g/mol. The van der Waals surface area contributed by atoms with Crippen molar-refractivity contribution in [2.75, 3.05) is 18.2 Å². The molecular weight excluding hydrogens is 256 g/mol. The highest BCUT2D eigenvalue weighted by molar-refractivity contribution is 5.92. The van der Waals surface area contributed by atoms with E-state index < -0.39 is 5.97 Å². The van der Waals surface area contributed by atoms with Crippen molar-refractivity contribution in [3.05, 3.63) is 47.4 Å². The number of ether oxygens (including phenoxy) is 1. The zero-order chi connectivity index (χ0) is 14.7. The van der Waals surface area contributed by atoms with Crippen LogP contribution >= 0.6 is 0 Å². The Morgan fingerprint density at radius 2 is 2.10 bits per heavy atom. The second-order valence-electron chi connectivity index (χ2n) is 4.61. The maximum Gasteiger partial charge on any atom is 0.337 e. The number of hydrogen-bond donors (Lipinski definition) is 2. The number of carbonyl (C=O) groups excluding carboxylic acids is 1. The summed E-state index contributed by atoms with van der Waals surface area (Å²) in [5.41, 5.74) is 7.61. The van der Waals surface area contributed by atoms with Crippen LogP contribution in [0.15, 0.2) is 34.7 Å². The first-order valence-electron chi connectivity index (χ1n) is 6.32. The van der Waals surface area contributed by atoms with Crippen molar-refractivity contribution < 1.29 is 13.9 Å². The van der Waals surface area contributed by atoms with Crippen molar-refractivity contribution in [3.63, 3.8) is 0 Å². The van der Waals surface area contributed by atoms with Crippen LogP contribution in [0, 0.1) is 6.92 Å². The molecule has 1 aromatic carbocycles. The number of benzene rings is 1. The second kappa shape index (κ2) is 5.69. The Kier molecular flexibility index (Phi) is 3.98. The Balaban J connectivity index is 2.22. The van der Waals surface area contributed by atoms with Gasteiger partial charge in [-0.05, 0) is 44.2 Å². The predicted molar refractivity (Wildman–Crippen MR) is 77.7 cm³/mol. The first-order valence-corrected chi connectivity index (χ1v) is 6.32. The highest BCUT2D eigenvalue weighted by atomic mass is 16.5. The number of methoxy groups -OCH3 is 1. The highest BCUT2D eigenvalue weighted by Gasteiger charge is 2.13. The van der Waals surface area contributed by atoms with Gasteiger partial charge in [-0.2, -0.15) is 0 Å². The fourth-order valence-electron chi connectivity index (χ4n) is 1.92. The van der Waals surface area contributed by atoms with Gasteiger partial charge in [0.25, 0.3) is 0 Å². The van der Waals surface area contributed by atoms with Crippen molar-refractivity contribution in [1.82, 2.24) is 0 Å². The zero-order valence-electron chi connectivity index (χ0n) is 11.8. The highest BCUT2D eigenvalue weighted by Crippen LogP contribution is 2.26. The molecule has 1 atom stereocenters. The van der Waals surface area contributed by atoms with Crippen LogP contribution in [0.3, 0.4) is 0 Å². The van der Waals surface area contributed by atoms with E-state index in [-0.39, 0.29) is 6.04 Å².